The molecule has 1 rings (SSSR count). The third kappa shape index (κ3) is 4.37. The number of hydrogen-bond acceptors (Lipinski definition) is 3. The van der Waals surface area contributed by atoms with E-state index in [0.29, 0.717) is 16.7 Å². The van der Waals surface area contributed by atoms with Gasteiger partial charge in [-0.1, -0.05) is 29.3 Å². The zero-order valence-electron chi connectivity index (χ0n) is 8.72. The van der Waals surface area contributed by atoms with E-state index < -0.39 is 0 Å². The van der Waals surface area contributed by atoms with Crippen LogP contribution in [0.25, 0.3) is 0 Å². The van der Waals surface area contributed by atoms with Crippen LogP contribution in [0, 0.1) is 0 Å². The van der Waals surface area contributed by atoms with E-state index in [4.69, 9.17) is 27.9 Å². The molecule has 0 aromatic heterocycles. The van der Waals surface area contributed by atoms with Crippen molar-refractivity contribution in [1.82, 2.24) is 10.9 Å². The van der Waals surface area contributed by atoms with Crippen molar-refractivity contribution in [2.24, 2.45) is 0 Å². The van der Waals surface area contributed by atoms with Gasteiger partial charge in [0.05, 0.1) is 16.7 Å². The van der Waals surface area contributed by atoms with E-state index in [1.165, 1.54) is 0 Å². The number of halogens is 2. The van der Waals surface area contributed by atoms with Gasteiger partial charge >= 0.3 is 0 Å². The summed E-state index contributed by atoms with van der Waals surface area (Å²) >= 11 is 11.6. The molecule has 0 saturated carbocycles. The first kappa shape index (κ1) is 13.3. The Balaban J connectivity index is 2.37. The van der Waals surface area contributed by atoms with Crippen LogP contribution >= 0.6 is 23.2 Å². The Morgan fingerprint density at radius 2 is 2.12 bits per heavy atom. The quantitative estimate of drug-likeness (QED) is 0.796. The third-order valence-corrected chi connectivity index (χ3v) is 2.49. The van der Waals surface area contributed by atoms with Crippen molar-refractivity contribution < 1.29 is 9.53 Å². The van der Waals surface area contributed by atoms with Gasteiger partial charge in [-0.25, -0.2) is 5.43 Å². The lowest BCUT2D eigenvalue weighted by atomic mass is 10.2. The maximum Gasteiger partial charge on any atom is 0.260 e. The van der Waals surface area contributed by atoms with E-state index in [0.717, 1.165) is 5.56 Å². The monoisotopic (exact) mass is 262 g/mol. The molecule has 0 unspecified atom stereocenters. The third-order valence-electron chi connectivity index (χ3n) is 1.75. The lowest BCUT2D eigenvalue weighted by Crippen LogP contribution is -2.36. The minimum Gasteiger partial charge on any atom is -0.367 e. The van der Waals surface area contributed by atoms with Gasteiger partial charge in [-0.3, -0.25) is 10.2 Å². The molecular weight excluding hydrogens is 251 g/mol. The molecule has 0 spiro atoms. The molecule has 1 amide bonds. The summed E-state index contributed by atoms with van der Waals surface area (Å²) in [6, 6.07) is 5.19. The number of carbonyl (C=O) groups is 1. The largest absolute Gasteiger partial charge is 0.367 e. The maximum atomic E-state index is 11.0. The van der Waals surface area contributed by atoms with Crippen molar-refractivity contribution in [3.05, 3.63) is 33.8 Å². The first-order valence-corrected chi connectivity index (χ1v) is 5.36. The number of hydrazine groups is 1. The summed E-state index contributed by atoms with van der Waals surface area (Å²) in [6.07, 6.45) is 0. The van der Waals surface area contributed by atoms with E-state index >= 15 is 0 Å². The van der Waals surface area contributed by atoms with Crippen molar-refractivity contribution in [2.75, 3.05) is 13.7 Å². The maximum absolute atomic E-state index is 11.0. The Hall–Kier alpha value is -0.810. The number of ether oxygens (including phenoxy) is 1. The van der Waals surface area contributed by atoms with Crippen LogP contribution in [0.4, 0.5) is 0 Å². The van der Waals surface area contributed by atoms with E-state index in [-0.39, 0.29) is 12.5 Å². The number of nitrogens with one attached hydrogen (secondary N) is 2. The van der Waals surface area contributed by atoms with Gasteiger partial charge in [-0.2, -0.15) is 0 Å². The topological polar surface area (TPSA) is 50.4 Å². The fraction of sp³-hybridized carbons (Fsp3) is 0.300. The Morgan fingerprint density at radius 1 is 1.38 bits per heavy atom. The summed E-state index contributed by atoms with van der Waals surface area (Å²) in [6.45, 7) is 0.301. The second-order valence-electron chi connectivity index (χ2n) is 3.04. The summed E-state index contributed by atoms with van der Waals surface area (Å²) in [5.74, 6) is -0.234. The van der Waals surface area contributed by atoms with Gasteiger partial charge in [0, 0.05) is 7.05 Å². The molecule has 0 aliphatic rings. The molecule has 2 N–H and O–H groups in total. The van der Waals surface area contributed by atoms with Crippen LogP contribution in [0.3, 0.4) is 0 Å². The van der Waals surface area contributed by atoms with Crippen LogP contribution < -0.4 is 10.9 Å². The van der Waals surface area contributed by atoms with E-state index in [9.17, 15) is 4.79 Å². The van der Waals surface area contributed by atoms with Gasteiger partial charge in [0.2, 0.25) is 0 Å². The summed E-state index contributed by atoms with van der Waals surface area (Å²) in [5.41, 5.74) is 5.77. The Morgan fingerprint density at radius 3 is 2.75 bits per heavy atom. The highest BCUT2D eigenvalue weighted by molar-refractivity contribution is 6.42. The van der Waals surface area contributed by atoms with Crippen molar-refractivity contribution in [1.29, 1.82) is 0 Å². The lowest BCUT2D eigenvalue weighted by molar-refractivity contribution is -0.126. The molecule has 1 aromatic rings. The summed E-state index contributed by atoms with van der Waals surface area (Å²) < 4.78 is 5.18. The lowest BCUT2D eigenvalue weighted by Gasteiger charge is -2.05. The van der Waals surface area contributed by atoms with Crippen LogP contribution in [-0.2, 0) is 16.1 Å². The predicted octanol–water partition coefficient (Wildman–Crippen LogP) is 1.76. The van der Waals surface area contributed by atoms with Crippen LogP contribution in [0.1, 0.15) is 5.56 Å². The van der Waals surface area contributed by atoms with Crippen molar-refractivity contribution in [3.63, 3.8) is 0 Å². The van der Waals surface area contributed by atoms with Crippen molar-refractivity contribution >= 4 is 29.1 Å². The van der Waals surface area contributed by atoms with Gasteiger partial charge in [0.1, 0.15) is 6.61 Å². The molecule has 0 saturated heterocycles. The molecule has 0 heterocycles. The molecule has 6 heteroatoms. The minimum atomic E-state index is -0.234. The minimum absolute atomic E-state index is 0.0128. The zero-order chi connectivity index (χ0) is 12.0. The zero-order valence-corrected chi connectivity index (χ0v) is 10.2. The second kappa shape index (κ2) is 6.70. The Labute approximate surface area is 104 Å². The van der Waals surface area contributed by atoms with Gasteiger partial charge < -0.3 is 4.74 Å². The molecule has 1 aromatic carbocycles. The molecule has 16 heavy (non-hydrogen) atoms. The summed E-state index contributed by atoms with van der Waals surface area (Å²) in [4.78, 5) is 11.0. The van der Waals surface area contributed by atoms with Gasteiger partial charge in [-0.15, -0.1) is 0 Å². The number of carbonyl (C=O) groups excluding carboxylic acids is 1. The Bertz CT molecular complexity index is 372. The van der Waals surface area contributed by atoms with Gasteiger partial charge in [0.15, 0.2) is 0 Å². The Kier molecular flexibility index (Phi) is 5.55. The number of amides is 1. The van der Waals surface area contributed by atoms with Crippen LogP contribution in [-0.4, -0.2) is 19.6 Å². The smallest absolute Gasteiger partial charge is 0.260 e. The van der Waals surface area contributed by atoms with Crippen LogP contribution in [0.15, 0.2) is 18.2 Å². The second-order valence-corrected chi connectivity index (χ2v) is 3.85. The van der Waals surface area contributed by atoms with E-state index in [1.54, 1.807) is 25.2 Å². The van der Waals surface area contributed by atoms with Crippen LogP contribution in [0.5, 0.6) is 0 Å². The molecule has 0 fully saturated rings. The van der Waals surface area contributed by atoms with Gasteiger partial charge in [0.25, 0.3) is 5.91 Å². The molecule has 0 aliphatic carbocycles. The SMILES string of the molecule is CNNC(=O)COCc1ccc(Cl)c(Cl)c1. The molecular formula is C10H12Cl2N2O2. The first-order valence-electron chi connectivity index (χ1n) is 4.60. The molecule has 0 bridgehead atoms. The summed E-state index contributed by atoms with van der Waals surface area (Å²) in [7, 11) is 1.61. The average molecular weight is 263 g/mol. The fourth-order valence-corrected chi connectivity index (χ4v) is 1.39. The van der Waals surface area contributed by atoms with Gasteiger partial charge in [-0.05, 0) is 17.7 Å². The number of rotatable bonds is 5. The van der Waals surface area contributed by atoms with Crippen molar-refractivity contribution in [3.8, 4) is 0 Å². The summed E-state index contributed by atoms with van der Waals surface area (Å²) in [5, 5.41) is 0.973. The van der Waals surface area contributed by atoms with Crippen molar-refractivity contribution in [2.45, 2.75) is 6.61 Å². The molecule has 0 aliphatic heterocycles. The first-order chi connectivity index (χ1) is 7.63. The molecule has 4 nitrogen and oxygen atoms in total. The molecule has 88 valence electrons. The predicted molar refractivity (Wildman–Crippen MR) is 63.3 cm³/mol. The normalized spacial score (nSPS) is 10.2. The van der Waals surface area contributed by atoms with E-state index in [2.05, 4.69) is 10.9 Å². The number of hydrogen-bond donors (Lipinski definition) is 2. The fourth-order valence-electron chi connectivity index (χ4n) is 1.07. The highest BCUT2D eigenvalue weighted by Crippen LogP contribution is 2.22. The molecule has 0 radical (unpaired) electrons. The average Bonchev–Trinajstić information content (AvgIpc) is 2.24. The highest BCUT2D eigenvalue weighted by Gasteiger charge is 2.02. The number of benzene rings is 1. The van der Waals surface area contributed by atoms with E-state index in [1.807, 2.05) is 0 Å². The highest BCUT2D eigenvalue weighted by atomic mass is 35.5. The molecule has 0 atom stereocenters. The standard InChI is InChI=1S/C10H12Cl2N2O2/c1-13-14-10(15)6-16-5-7-2-3-8(11)9(12)4-7/h2-4,13H,5-6H2,1H3,(H,14,15). The van der Waals surface area contributed by atoms with Crippen LogP contribution in [0.2, 0.25) is 10.0 Å².